The molecule has 6 heteroatoms. The average Bonchev–Trinajstić information content (AvgIpc) is 3.07. The normalized spacial score (nSPS) is 18.8. The number of para-hydroxylation sites is 1. The van der Waals surface area contributed by atoms with Crippen LogP contribution in [0.4, 0.5) is 5.69 Å². The average molecular weight is 355 g/mol. The number of amides is 1. The maximum atomic E-state index is 12.2. The Bertz CT molecular complexity index is 629. The topological polar surface area (TPSA) is 38.1 Å². The number of anilines is 1. The molecule has 4 nitrogen and oxygen atoms in total. The summed E-state index contributed by atoms with van der Waals surface area (Å²) in [5.74, 6) is 0.482. The van der Waals surface area contributed by atoms with Gasteiger partial charge in [-0.1, -0.05) is 33.6 Å². The number of benzene rings is 1. The van der Waals surface area contributed by atoms with Crippen molar-refractivity contribution in [2.24, 2.45) is 5.92 Å². The zero-order valence-electron chi connectivity index (χ0n) is 10.7. The van der Waals surface area contributed by atoms with E-state index in [-0.39, 0.29) is 5.91 Å². The third-order valence-corrected chi connectivity index (χ3v) is 4.66. The molecule has 104 valence electrons. The Kier molecular flexibility index (Phi) is 3.81. The van der Waals surface area contributed by atoms with E-state index in [0.717, 1.165) is 16.7 Å². The lowest BCUT2D eigenvalue weighted by Gasteiger charge is -2.21. The van der Waals surface area contributed by atoms with Crippen molar-refractivity contribution >= 4 is 39.1 Å². The summed E-state index contributed by atoms with van der Waals surface area (Å²) in [6, 6.07) is 5.62. The van der Waals surface area contributed by atoms with E-state index in [9.17, 15) is 4.79 Å². The van der Waals surface area contributed by atoms with Crippen LogP contribution in [0.2, 0.25) is 5.02 Å². The van der Waals surface area contributed by atoms with Gasteiger partial charge in [0.2, 0.25) is 5.91 Å². The molecule has 0 N–H and O–H groups in total. The monoisotopic (exact) mass is 353 g/mol. The number of imidazole rings is 1. The maximum absolute atomic E-state index is 12.2. The van der Waals surface area contributed by atoms with E-state index in [0.29, 0.717) is 23.9 Å². The zero-order chi connectivity index (χ0) is 14.1. The first kappa shape index (κ1) is 13.6. The summed E-state index contributed by atoms with van der Waals surface area (Å²) in [6.07, 6.45) is 5.78. The van der Waals surface area contributed by atoms with Crippen molar-refractivity contribution in [2.45, 2.75) is 6.42 Å². The molecule has 0 bridgehead atoms. The van der Waals surface area contributed by atoms with E-state index in [1.807, 2.05) is 33.9 Å². The predicted molar refractivity (Wildman–Crippen MR) is 82.8 cm³/mol. The van der Waals surface area contributed by atoms with Crippen LogP contribution in [0.15, 0.2) is 36.9 Å². The molecule has 1 aliphatic rings. The van der Waals surface area contributed by atoms with Crippen molar-refractivity contribution < 1.29 is 4.79 Å². The second kappa shape index (κ2) is 5.58. The number of nitrogens with zero attached hydrogens (tertiary/aromatic N) is 3. The van der Waals surface area contributed by atoms with Crippen LogP contribution in [0, 0.1) is 5.92 Å². The minimum absolute atomic E-state index is 0.137. The molecule has 1 saturated heterocycles. The van der Waals surface area contributed by atoms with Gasteiger partial charge in [-0.15, -0.1) is 0 Å². The van der Waals surface area contributed by atoms with Gasteiger partial charge in [-0.25, -0.2) is 4.98 Å². The third-order valence-electron chi connectivity index (χ3n) is 3.44. The summed E-state index contributed by atoms with van der Waals surface area (Å²) in [7, 11) is 0. The standard InChI is InChI=1S/C14H13BrClN3O/c15-7-10-6-13(20)19(8-10)12-3-1-2-11(16)14(12)18-5-4-17-9-18/h1-5,9-10H,6-8H2. The van der Waals surface area contributed by atoms with Gasteiger partial charge in [0, 0.05) is 30.7 Å². The number of hydrogen-bond donors (Lipinski definition) is 0. The molecule has 20 heavy (non-hydrogen) atoms. The van der Waals surface area contributed by atoms with Gasteiger partial charge in [-0.3, -0.25) is 4.79 Å². The van der Waals surface area contributed by atoms with Crippen molar-refractivity contribution in [3.63, 3.8) is 0 Å². The van der Waals surface area contributed by atoms with Gasteiger partial charge in [0.15, 0.2) is 0 Å². The summed E-state index contributed by atoms with van der Waals surface area (Å²) in [5, 5.41) is 1.44. The first-order valence-corrected chi connectivity index (χ1v) is 7.84. The van der Waals surface area contributed by atoms with Crippen LogP contribution >= 0.6 is 27.5 Å². The molecule has 1 aromatic heterocycles. The molecule has 3 rings (SSSR count). The third kappa shape index (κ3) is 2.36. The van der Waals surface area contributed by atoms with Crippen LogP contribution in [0.3, 0.4) is 0 Å². The molecular formula is C14H13BrClN3O. The number of alkyl halides is 1. The van der Waals surface area contributed by atoms with Crippen molar-refractivity contribution in [1.29, 1.82) is 0 Å². The molecule has 1 unspecified atom stereocenters. The van der Waals surface area contributed by atoms with Crippen molar-refractivity contribution in [3.05, 3.63) is 41.9 Å². The lowest BCUT2D eigenvalue weighted by molar-refractivity contribution is -0.117. The Morgan fingerprint density at radius 2 is 2.30 bits per heavy atom. The molecule has 2 aromatic rings. The molecule has 0 spiro atoms. The fourth-order valence-electron chi connectivity index (χ4n) is 2.49. The number of carbonyl (C=O) groups is 1. The Balaban J connectivity index is 2.06. The van der Waals surface area contributed by atoms with Gasteiger partial charge in [0.25, 0.3) is 0 Å². The first-order valence-electron chi connectivity index (χ1n) is 6.34. The second-order valence-corrected chi connectivity index (χ2v) is 5.86. The Hall–Kier alpha value is -1.33. The first-order chi connectivity index (χ1) is 9.70. The highest BCUT2D eigenvalue weighted by Crippen LogP contribution is 2.35. The highest BCUT2D eigenvalue weighted by atomic mass is 79.9. The SMILES string of the molecule is O=C1CC(CBr)CN1c1cccc(Cl)c1-n1ccnc1. The predicted octanol–water partition coefficient (Wildman–Crippen LogP) is 3.27. The number of hydrogen-bond acceptors (Lipinski definition) is 2. The van der Waals surface area contributed by atoms with Crippen molar-refractivity contribution in [2.75, 3.05) is 16.8 Å². The molecule has 1 atom stereocenters. The maximum Gasteiger partial charge on any atom is 0.227 e. The molecule has 1 aromatic carbocycles. The summed E-state index contributed by atoms with van der Waals surface area (Å²) in [6.45, 7) is 0.714. The minimum atomic E-state index is 0.137. The molecule has 1 aliphatic heterocycles. The van der Waals surface area contributed by atoms with Crippen LogP contribution in [-0.4, -0.2) is 27.3 Å². The molecule has 1 fully saturated rings. The Morgan fingerprint density at radius 3 is 2.95 bits per heavy atom. The Labute approximate surface area is 130 Å². The van der Waals surface area contributed by atoms with E-state index in [2.05, 4.69) is 20.9 Å². The van der Waals surface area contributed by atoms with Crippen LogP contribution in [0.5, 0.6) is 0 Å². The van der Waals surface area contributed by atoms with Gasteiger partial charge < -0.3 is 9.47 Å². The van der Waals surface area contributed by atoms with Crippen LogP contribution in [-0.2, 0) is 4.79 Å². The van der Waals surface area contributed by atoms with Crippen LogP contribution in [0.1, 0.15) is 6.42 Å². The number of aromatic nitrogens is 2. The zero-order valence-corrected chi connectivity index (χ0v) is 13.0. The highest BCUT2D eigenvalue weighted by Gasteiger charge is 2.31. The largest absolute Gasteiger partial charge is 0.310 e. The van der Waals surface area contributed by atoms with Crippen LogP contribution < -0.4 is 4.90 Å². The molecule has 0 aliphatic carbocycles. The number of halogens is 2. The number of rotatable bonds is 3. The number of carbonyl (C=O) groups excluding carboxylic acids is 1. The fraction of sp³-hybridized carbons (Fsp3) is 0.286. The van der Waals surface area contributed by atoms with Gasteiger partial charge in [0.1, 0.15) is 0 Å². The fourth-order valence-corrected chi connectivity index (χ4v) is 3.19. The Morgan fingerprint density at radius 1 is 1.45 bits per heavy atom. The van der Waals surface area contributed by atoms with Gasteiger partial charge in [-0.05, 0) is 18.1 Å². The second-order valence-electron chi connectivity index (χ2n) is 4.81. The highest BCUT2D eigenvalue weighted by molar-refractivity contribution is 9.09. The quantitative estimate of drug-likeness (QED) is 0.793. The smallest absolute Gasteiger partial charge is 0.227 e. The lowest BCUT2D eigenvalue weighted by atomic mass is 10.2. The van der Waals surface area contributed by atoms with Crippen molar-refractivity contribution in [1.82, 2.24) is 9.55 Å². The van der Waals surface area contributed by atoms with E-state index in [1.54, 1.807) is 12.5 Å². The molecule has 0 radical (unpaired) electrons. The summed E-state index contributed by atoms with van der Waals surface area (Å²) in [4.78, 5) is 18.1. The van der Waals surface area contributed by atoms with E-state index < -0.39 is 0 Å². The van der Waals surface area contributed by atoms with Gasteiger partial charge in [0.05, 0.1) is 22.7 Å². The van der Waals surface area contributed by atoms with Crippen LogP contribution in [0.25, 0.3) is 5.69 Å². The molecule has 2 heterocycles. The molecule has 1 amide bonds. The van der Waals surface area contributed by atoms with Crippen molar-refractivity contribution in [3.8, 4) is 5.69 Å². The summed E-state index contributed by atoms with van der Waals surface area (Å²) < 4.78 is 1.84. The van der Waals surface area contributed by atoms with E-state index in [1.165, 1.54) is 0 Å². The lowest BCUT2D eigenvalue weighted by Crippen LogP contribution is -2.26. The minimum Gasteiger partial charge on any atom is -0.310 e. The van der Waals surface area contributed by atoms with Gasteiger partial charge in [-0.2, -0.15) is 0 Å². The molecule has 0 saturated carbocycles. The van der Waals surface area contributed by atoms with E-state index in [4.69, 9.17) is 11.6 Å². The summed E-state index contributed by atoms with van der Waals surface area (Å²) >= 11 is 9.78. The summed E-state index contributed by atoms with van der Waals surface area (Å²) in [5.41, 5.74) is 1.64. The molecular weight excluding hydrogens is 342 g/mol. The van der Waals surface area contributed by atoms with E-state index >= 15 is 0 Å². The van der Waals surface area contributed by atoms with Gasteiger partial charge >= 0.3 is 0 Å².